The van der Waals surface area contributed by atoms with E-state index in [0.717, 1.165) is 0 Å². The number of methoxy groups -OCH3 is 1. The summed E-state index contributed by atoms with van der Waals surface area (Å²) in [7, 11) is 1.43. The van der Waals surface area contributed by atoms with Crippen molar-refractivity contribution in [1.29, 1.82) is 10.5 Å². The number of anilines is 1. The Morgan fingerprint density at radius 1 is 1.18 bits per heavy atom. The summed E-state index contributed by atoms with van der Waals surface area (Å²) in [5, 5.41) is 18.9. The van der Waals surface area contributed by atoms with Gasteiger partial charge in [0, 0.05) is 11.1 Å². The van der Waals surface area contributed by atoms with E-state index >= 15 is 0 Å². The fourth-order valence-corrected chi connectivity index (χ4v) is 2.22. The van der Waals surface area contributed by atoms with Crippen molar-refractivity contribution in [1.82, 2.24) is 0 Å². The number of rotatable bonds is 4. The monoisotopic (exact) mass is 295 g/mol. The minimum absolute atomic E-state index is 0.139. The van der Waals surface area contributed by atoms with E-state index in [0.29, 0.717) is 23.5 Å². The van der Waals surface area contributed by atoms with Gasteiger partial charge in [-0.3, -0.25) is 5.73 Å². The lowest BCUT2D eigenvalue weighted by Gasteiger charge is -2.13. The zero-order chi connectivity index (χ0) is 16.1. The van der Waals surface area contributed by atoms with Crippen molar-refractivity contribution in [2.24, 2.45) is 0 Å². The van der Waals surface area contributed by atoms with Crippen LogP contribution in [-0.4, -0.2) is 13.7 Å². The molecule has 2 rings (SSSR count). The molecule has 0 amide bonds. The average molecular weight is 295 g/mol. The van der Waals surface area contributed by atoms with Crippen LogP contribution in [0.3, 0.4) is 0 Å². The number of nitrogens with zero attached hydrogens (tertiary/aromatic N) is 2. The number of pyridine rings is 1. The zero-order valence-corrected chi connectivity index (χ0v) is 12.3. The molecular formula is C16H15N4O2+. The lowest BCUT2D eigenvalue weighted by Crippen LogP contribution is -2.18. The molecule has 110 valence electrons. The number of hydrogen-bond acceptors (Lipinski definition) is 5. The van der Waals surface area contributed by atoms with Gasteiger partial charge in [-0.1, -0.05) is 18.2 Å². The molecule has 22 heavy (non-hydrogen) atoms. The highest BCUT2D eigenvalue weighted by molar-refractivity contribution is 5.84. The maximum absolute atomic E-state index is 9.48. The quantitative estimate of drug-likeness (QED) is 0.927. The van der Waals surface area contributed by atoms with Crippen LogP contribution >= 0.6 is 0 Å². The van der Waals surface area contributed by atoms with Gasteiger partial charge < -0.3 is 9.47 Å². The summed E-state index contributed by atoms with van der Waals surface area (Å²) in [4.78, 5) is 2.73. The van der Waals surface area contributed by atoms with Gasteiger partial charge in [-0.25, -0.2) is 4.98 Å². The van der Waals surface area contributed by atoms with Gasteiger partial charge in [-0.2, -0.15) is 10.5 Å². The molecule has 0 unspecified atom stereocenters. The normalized spacial score (nSPS) is 9.64. The Morgan fingerprint density at radius 2 is 1.86 bits per heavy atom. The standard InChI is InChI=1S/C16H14N4O2/c1-3-22-13-7-5-4-6-10(13)14-11(8-17)15(19)20-16(21-2)12(14)9-18/h4-7H,3H2,1-2H3,(H2,19,20)/p+1. The molecule has 3 N–H and O–H groups in total. The highest BCUT2D eigenvalue weighted by atomic mass is 16.5. The summed E-state index contributed by atoms with van der Waals surface area (Å²) in [5.41, 5.74) is 7.30. The summed E-state index contributed by atoms with van der Waals surface area (Å²) in [5.74, 6) is 0.922. The highest BCUT2D eigenvalue weighted by Crippen LogP contribution is 2.37. The van der Waals surface area contributed by atoms with Crippen molar-refractivity contribution in [3.8, 4) is 34.9 Å². The summed E-state index contributed by atoms with van der Waals surface area (Å²) >= 11 is 0. The third-order valence-electron chi connectivity index (χ3n) is 3.13. The van der Waals surface area contributed by atoms with Crippen molar-refractivity contribution >= 4 is 5.82 Å². The molecule has 2 aromatic rings. The molecule has 0 bridgehead atoms. The van der Waals surface area contributed by atoms with Crippen molar-refractivity contribution in [2.75, 3.05) is 19.5 Å². The summed E-state index contributed by atoms with van der Waals surface area (Å²) in [6, 6.07) is 11.3. The number of hydrogen-bond donors (Lipinski definition) is 1. The van der Waals surface area contributed by atoms with Crippen LogP contribution < -0.4 is 20.2 Å². The minimum Gasteiger partial charge on any atom is -0.493 e. The van der Waals surface area contributed by atoms with Crippen LogP contribution in [0.4, 0.5) is 5.82 Å². The number of nitrogen functional groups attached to an aromatic ring is 1. The fraction of sp³-hybridized carbons (Fsp3) is 0.188. The number of nitrogens with one attached hydrogen (secondary N) is 1. The lowest BCUT2D eigenvalue weighted by atomic mass is 9.95. The van der Waals surface area contributed by atoms with Crippen LogP contribution in [0.2, 0.25) is 0 Å². The molecule has 1 aromatic carbocycles. The maximum Gasteiger partial charge on any atom is 0.300 e. The van der Waals surface area contributed by atoms with Crippen molar-refractivity contribution < 1.29 is 14.5 Å². The number of nitrogens with two attached hydrogens (primary N) is 1. The Hall–Kier alpha value is -3.25. The van der Waals surface area contributed by atoms with E-state index in [4.69, 9.17) is 15.2 Å². The number of benzene rings is 1. The lowest BCUT2D eigenvalue weighted by molar-refractivity contribution is -0.376. The SMILES string of the molecule is CCOc1ccccc1-c1c(C#N)c(N)[nH+]c(OC)c1C#N. The van der Waals surface area contributed by atoms with E-state index in [1.54, 1.807) is 18.2 Å². The maximum atomic E-state index is 9.48. The molecule has 0 aliphatic rings. The third kappa shape index (κ3) is 2.50. The smallest absolute Gasteiger partial charge is 0.300 e. The van der Waals surface area contributed by atoms with Crippen LogP contribution in [0.15, 0.2) is 24.3 Å². The van der Waals surface area contributed by atoms with Crippen LogP contribution in [0.1, 0.15) is 18.1 Å². The van der Waals surface area contributed by atoms with Gasteiger partial charge in [0.05, 0.1) is 13.7 Å². The van der Waals surface area contributed by atoms with Crippen molar-refractivity contribution in [3.05, 3.63) is 35.4 Å². The molecule has 0 saturated carbocycles. The zero-order valence-electron chi connectivity index (χ0n) is 12.3. The van der Waals surface area contributed by atoms with E-state index in [2.05, 4.69) is 11.1 Å². The number of aromatic amines is 1. The number of nitriles is 2. The largest absolute Gasteiger partial charge is 0.493 e. The molecular weight excluding hydrogens is 280 g/mol. The van der Waals surface area contributed by atoms with E-state index in [-0.39, 0.29) is 22.8 Å². The van der Waals surface area contributed by atoms with E-state index in [1.165, 1.54) is 7.11 Å². The molecule has 6 heteroatoms. The molecule has 0 fully saturated rings. The van der Waals surface area contributed by atoms with Gasteiger partial charge in [0.2, 0.25) is 0 Å². The topological polar surface area (TPSA) is 106 Å². The Balaban J connectivity index is 2.88. The third-order valence-corrected chi connectivity index (χ3v) is 3.13. The van der Waals surface area contributed by atoms with Gasteiger partial charge in [0.25, 0.3) is 5.82 Å². The number of para-hydroxylation sites is 1. The Morgan fingerprint density at radius 3 is 2.45 bits per heavy atom. The summed E-state index contributed by atoms with van der Waals surface area (Å²) < 4.78 is 10.8. The minimum atomic E-state index is 0.139. The van der Waals surface area contributed by atoms with E-state index in [1.807, 2.05) is 19.1 Å². The van der Waals surface area contributed by atoms with Crippen LogP contribution in [0.25, 0.3) is 11.1 Å². The number of H-pyrrole nitrogens is 1. The van der Waals surface area contributed by atoms with Crippen molar-refractivity contribution in [2.45, 2.75) is 6.92 Å². The Bertz CT molecular complexity index is 788. The Kier molecular flexibility index (Phi) is 4.45. The fourth-order valence-electron chi connectivity index (χ4n) is 2.22. The first-order valence-corrected chi connectivity index (χ1v) is 6.63. The highest BCUT2D eigenvalue weighted by Gasteiger charge is 2.25. The second kappa shape index (κ2) is 6.47. The van der Waals surface area contributed by atoms with Gasteiger partial charge in [-0.15, -0.1) is 0 Å². The second-order valence-corrected chi connectivity index (χ2v) is 4.35. The molecule has 0 spiro atoms. The first kappa shape index (κ1) is 15.1. The second-order valence-electron chi connectivity index (χ2n) is 4.35. The summed E-state index contributed by atoms with van der Waals surface area (Å²) in [6.45, 7) is 2.33. The number of aromatic nitrogens is 1. The Labute approximate surface area is 128 Å². The first-order valence-electron chi connectivity index (χ1n) is 6.63. The van der Waals surface area contributed by atoms with Gasteiger partial charge in [0.1, 0.15) is 23.5 Å². The van der Waals surface area contributed by atoms with Crippen molar-refractivity contribution in [3.63, 3.8) is 0 Å². The molecule has 0 aliphatic heterocycles. The molecule has 0 saturated heterocycles. The van der Waals surface area contributed by atoms with E-state index in [9.17, 15) is 10.5 Å². The molecule has 1 aromatic heterocycles. The van der Waals surface area contributed by atoms with Gasteiger partial charge in [0.15, 0.2) is 5.56 Å². The van der Waals surface area contributed by atoms with Crippen LogP contribution in [-0.2, 0) is 0 Å². The average Bonchev–Trinajstić information content (AvgIpc) is 2.54. The predicted molar refractivity (Wildman–Crippen MR) is 80.0 cm³/mol. The molecule has 0 radical (unpaired) electrons. The molecule has 0 atom stereocenters. The summed E-state index contributed by atoms with van der Waals surface area (Å²) in [6.07, 6.45) is 0. The van der Waals surface area contributed by atoms with E-state index < -0.39 is 0 Å². The molecule has 0 aliphatic carbocycles. The number of ether oxygens (including phenoxy) is 2. The molecule has 1 heterocycles. The van der Waals surface area contributed by atoms with Gasteiger partial charge >= 0.3 is 5.88 Å². The predicted octanol–water partition coefficient (Wildman–Crippen LogP) is 1.90. The van der Waals surface area contributed by atoms with Crippen LogP contribution in [0, 0.1) is 22.7 Å². The van der Waals surface area contributed by atoms with Crippen LogP contribution in [0.5, 0.6) is 11.6 Å². The van der Waals surface area contributed by atoms with Gasteiger partial charge in [-0.05, 0) is 13.0 Å². The first-order chi connectivity index (χ1) is 10.7. The molecule has 6 nitrogen and oxygen atoms in total.